The van der Waals surface area contributed by atoms with Gasteiger partial charge in [-0.1, -0.05) is 13.3 Å². The largest absolute Gasteiger partial charge is 0.464 e. The van der Waals surface area contributed by atoms with Crippen LogP contribution in [-0.4, -0.2) is 24.7 Å². The van der Waals surface area contributed by atoms with E-state index in [0.717, 1.165) is 12.8 Å². The number of ether oxygens (including phenoxy) is 1. The first-order chi connectivity index (χ1) is 6.06. The van der Waals surface area contributed by atoms with Gasteiger partial charge < -0.3 is 16.2 Å². The molecule has 78 valence electrons. The van der Waals surface area contributed by atoms with Crippen LogP contribution in [0.25, 0.3) is 0 Å². The van der Waals surface area contributed by atoms with Crippen LogP contribution in [0.15, 0.2) is 0 Å². The van der Waals surface area contributed by atoms with Crippen molar-refractivity contribution in [2.75, 3.05) is 6.61 Å². The minimum Gasteiger partial charge on any atom is -0.464 e. The van der Waals surface area contributed by atoms with E-state index < -0.39 is 0 Å². The zero-order valence-electron chi connectivity index (χ0n) is 8.45. The van der Waals surface area contributed by atoms with E-state index in [-0.39, 0.29) is 24.7 Å². The summed E-state index contributed by atoms with van der Waals surface area (Å²) in [6.07, 6.45) is 2.13. The fraction of sp³-hybridized carbons (Fsp3) is 0.889. The number of hydrogen-bond donors (Lipinski definition) is 2. The molecule has 0 fully saturated rings. The Hall–Kier alpha value is -0.610. The second-order valence-electron chi connectivity index (χ2n) is 3.41. The zero-order chi connectivity index (χ0) is 10.3. The van der Waals surface area contributed by atoms with E-state index in [1.54, 1.807) is 6.92 Å². The molecule has 0 aromatic rings. The lowest BCUT2D eigenvalue weighted by Crippen LogP contribution is -2.28. The lowest BCUT2D eigenvalue weighted by atomic mass is 10.1. The highest BCUT2D eigenvalue weighted by molar-refractivity contribution is 5.70. The number of esters is 1. The van der Waals surface area contributed by atoms with Crippen LogP contribution in [-0.2, 0) is 9.53 Å². The van der Waals surface area contributed by atoms with Crippen LogP contribution < -0.4 is 11.5 Å². The molecule has 0 saturated carbocycles. The second kappa shape index (κ2) is 6.86. The smallest absolute Gasteiger partial charge is 0.307 e. The van der Waals surface area contributed by atoms with Crippen molar-refractivity contribution in [2.45, 2.75) is 45.2 Å². The van der Waals surface area contributed by atoms with Crippen molar-refractivity contribution >= 4 is 5.97 Å². The second-order valence-corrected chi connectivity index (χ2v) is 3.41. The first-order valence-electron chi connectivity index (χ1n) is 4.73. The standard InChI is InChI=1S/C9H20N2O2/c1-3-4-8(11)5-9(12)13-6-7(2)10/h7-8H,3-6,10-11H2,1-2H3. The Labute approximate surface area is 79.6 Å². The maximum Gasteiger partial charge on any atom is 0.307 e. The zero-order valence-corrected chi connectivity index (χ0v) is 8.45. The van der Waals surface area contributed by atoms with Gasteiger partial charge in [0.1, 0.15) is 6.61 Å². The molecule has 2 atom stereocenters. The third kappa shape index (κ3) is 7.74. The molecule has 0 amide bonds. The summed E-state index contributed by atoms with van der Waals surface area (Å²) in [5.74, 6) is -0.252. The van der Waals surface area contributed by atoms with Gasteiger partial charge in [-0.3, -0.25) is 4.79 Å². The molecule has 4 heteroatoms. The molecular formula is C9H20N2O2. The molecule has 0 radical (unpaired) electrons. The molecule has 13 heavy (non-hydrogen) atoms. The Morgan fingerprint density at radius 1 is 1.46 bits per heavy atom. The Balaban J connectivity index is 3.50. The van der Waals surface area contributed by atoms with E-state index in [2.05, 4.69) is 0 Å². The van der Waals surface area contributed by atoms with Crippen molar-refractivity contribution in [3.05, 3.63) is 0 Å². The summed E-state index contributed by atoms with van der Waals surface area (Å²) in [4.78, 5) is 11.1. The van der Waals surface area contributed by atoms with Crippen LogP contribution in [0, 0.1) is 0 Å². The average Bonchev–Trinajstić information content (AvgIpc) is 2.01. The van der Waals surface area contributed by atoms with Crippen molar-refractivity contribution < 1.29 is 9.53 Å². The molecular weight excluding hydrogens is 168 g/mol. The van der Waals surface area contributed by atoms with E-state index in [9.17, 15) is 4.79 Å². The maximum atomic E-state index is 11.1. The lowest BCUT2D eigenvalue weighted by molar-refractivity contribution is -0.144. The molecule has 0 rings (SSSR count). The topological polar surface area (TPSA) is 78.3 Å². The van der Waals surface area contributed by atoms with E-state index in [4.69, 9.17) is 16.2 Å². The molecule has 0 aliphatic carbocycles. The number of hydrogen-bond acceptors (Lipinski definition) is 4. The molecule has 4 N–H and O–H groups in total. The van der Waals surface area contributed by atoms with Crippen molar-refractivity contribution in [1.82, 2.24) is 0 Å². The van der Waals surface area contributed by atoms with Crippen molar-refractivity contribution in [2.24, 2.45) is 11.5 Å². The quantitative estimate of drug-likeness (QED) is 0.591. The first kappa shape index (κ1) is 12.4. The van der Waals surface area contributed by atoms with Crippen LogP contribution in [0.1, 0.15) is 33.1 Å². The highest BCUT2D eigenvalue weighted by atomic mass is 16.5. The molecule has 0 saturated heterocycles. The third-order valence-electron chi connectivity index (χ3n) is 1.60. The van der Waals surface area contributed by atoms with Gasteiger partial charge in [0.25, 0.3) is 0 Å². The fourth-order valence-electron chi connectivity index (χ4n) is 0.970. The normalized spacial score (nSPS) is 15.1. The van der Waals surface area contributed by atoms with Gasteiger partial charge in [0, 0.05) is 12.1 Å². The molecule has 2 unspecified atom stereocenters. The SMILES string of the molecule is CCCC(N)CC(=O)OCC(C)N. The van der Waals surface area contributed by atoms with Crippen molar-refractivity contribution in [1.29, 1.82) is 0 Å². The summed E-state index contributed by atoms with van der Waals surface area (Å²) in [5, 5.41) is 0. The van der Waals surface area contributed by atoms with Gasteiger partial charge in [0.2, 0.25) is 0 Å². The predicted octanol–water partition coefficient (Wildman–Crippen LogP) is 0.394. The Kier molecular flexibility index (Phi) is 6.54. The summed E-state index contributed by atoms with van der Waals surface area (Å²) in [6.45, 7) is 4.10. The maximum absolute atomic E-state index is 11.1. The van der Waals surface area contributed by atoms with Gasteiger partial charge in [0.05, 0.1) is 6.42 Å². The van der Waals surface area contributed by atoms with Crippen LogP contribution in [0.5, 0.6) is 0 Å². The monoisotopic (exact) mass is 188 g/mol. The number of carbonyl (C=O) groups excluding carboxylic acids is 1. The third-order valence-corrected chi connectivity index (χ3v) is 1.60. The lowest BCUT2D eigenvalue weighted by Gasteiger charge is -2.11. The summed E-state index contributed by atoms with van der Waals surface area (Å²) in [7, 11) is 0. The van der Waals surface area contributed by atoms with E-state index in [0.29, 0.717) is 6.42 Å². The van der Waals surface area contributed by atoms with Crippen molar-refractivity contribution in [3.63, 3.8) is 0 Å². The minimum atomic E-state index is -0.252. The minimum absolute atomic E-state index is 0.0782. The van der Waals surface area contributed by atoms with Crippen LogP contribution >= 0.6 is 0 Å². The number of carbonyl (C=O) groups is 1. The van der Waals surface area contributed by atoms with E-state index in [1.807, 2.05) is 6.92 Å². The van der Waals surface area contributed by atoms with E-state index >= 15 is 0 Å². The molecule has 0 heterocycles. The van der Waals surface area contributed by atoms with Gasteiger partial charge in [0.15, 0.2) is 0 Å². The average molecular weight is 188 g/mol. The molecule has 0 aromatic carbocycles. The molecule has 0 bridgehead atoms. The Bertz CT molecular complexity index is 149. The van der Waals surface area contributed by atoms with Gasteiger partial charge in [-0.15, -0.1) is 0 Å². The summed E-state index contributed by atoms with van der Waals surface area (Å²) >= 11 is 0. The Morgan fingerprint density at radius 2 is 2.08 bits per heavy atom. The summed E-state index contributed by atoms with van der Waals surface area (Å²) < 4.78 is 4.88. The van der Waals surface area contributed by atoms with Crippen LogP contribution in [0.2, 0.25) is 0 Å². The molecule has 0 aliphatic heterocycles. The number of nitrogens with two attached hydrogens (primary N) is 2. The first-order valence-corrected chi connectivity index (χ1v) is 4.73. The summed E-state index contributed by atoms with van der Waals surface area (Å²) in [5.41, 5.74) is 11.1. The van der Waals surface area contributed by atoms with Gasteiger partial charge in [-0.25, -0.2) is 0 Å². The van der Waals surface area contributed by atoms with Gasteiger partial charge in [-0.2, -0.15) is 0 Å². The molecule has 4 nitrogen and oxygen atoms in total. The van der Waals surface area contributed by atoms with Crippen molar-refractivity contribution in [3.8, 4) is 0 Å². The van der Waals surface area contributed by atoms with Crippen LogP contribution in [0.4, 0.5) is 0 Å². The molecule has 0 aromatic heterocycles. The van der Waals surface area contributed by atoms with E-state index in [1.165, 1.54) is 0 Å². The van der Waals surface area contributed by atoms with Gasteiger partial charge in [-0.05, 0) is 13.3 Å². The molecule has 0 spiro atoms. The highest BCUT2D eigenvalue weighted by Crippen LogP contribution is 1.99. The summed E-state index contributed by atoms with van der Waals surface area (Å²) in [6, 6.07) is -0.183. The van der Waals surface area contributed by atoms with Crippen LogP contribution in [0.3, 0.4) is 0 Å². The predicted molar refractivity (Wildman–Crippen MR) is 52.1 cm³/mol. The van der Waals surface area contributed by atoms with Gasteiger partial charge >= 0.3 is 5.97 Å². The fourth-order valence-corrected chi connectivity index (χ4v) is 0.970. The number of rotatable bonds is 6. The molecule has 0 aliphatic rings. The Morgan fingerprint density at radius 3 is 2.54 bits per heavy atom. The highest BCUT2D eigenvalue weighted by Gasteiger charge is 2.10.